The lowest BCUT2D eigenvalue weighted by Gasteiger charge is -2.38. The van der Waals surface area contributed by atoms with E-state index in [0.717, 1.165) is 7.11 Å². The maximum atomic E-state index is 14.0. The van der Waals surface area contributed by atoms with Crippen molar-refractivity contribution in [2.45, 2.75) is 31.7 Å². The molecule has 0 radical (unpaired) electrons. The maximum absolute atomic E-state index is 14.0. The molecule has 156 valence electrons. The smallest absolute Gasteiger partial charge is 0.344 e. The molecule has 0 aromatic carbocycles. The van der Waals surface area contributed by atoms with Crippen LogP contribution in [0.3, 0.4) is 0 Å². The maximum Gasteiger partial charge on any atom is 0.446 e. The van der Waals surface area contributed by atoms with Gasteiger partial charge in [-0.1, -0.05) is 6.92 Å². The minimum atomic E-state index is -5.03. The van der Waals surface area contributed by atoms with Crippen LogP contribution in [0.4, 0.5) is 19.0 Å². The molecule has 0 saturated carbocycles. The molecule has 8 nitrogen and oxygen atoms in total. The van der Waals surface area contributed by atoms with Crippen LogP contribution in [0.25, 0.3) is 0 Å². The highest BCUT2D eigenvalue weighted by molar-refractivity contribution is 5.93. The number of hydrogen-bond donors (Lipinski definition) is 2. The molecule has 2 aromatic rings. The number of nitrogens with one attached hydrogen (secondary N) is 2. The van der Waals surface area contributed by atoms with E-state index in [1.54, 1.807) is 5.48 Å². The second kappa shape index (κ2) is 8.97. The van der Waals surface area contributed by atoms with E-state index >= 15 is 0 Å². The molecule has 0 bridgehead atoms. The minimum absolute atomic E-state index is 0.00388. The van der Waals surface area contributed by atoms with Gasteiger partial charge in [0.15, 0.2) is 0 Å². The van der Waals surface area contributed by atoms with E-state index in [9.17, 15) is 22.8 Å². The quantitative estimate of drug-likeness (QED) is 0.536. The minimum Gasteiger partial charge on any atom is -0.344 e. The molecule has 0 aliphatic carbocycles. The number of methoxy groups -OCH3 is 1. The number of alkyl halides is 3. The van der Waals surface area contributed by atoms with E-state index in [2.05, 4.69) is 15.3 Å². The predicted octanol–water partition coefficient (Wildman–Crippen LogP) is 2.81. The van der Waals surface area contributed by atoms with Crippen molar-refractivity contribution in [1.29, 1.82) is 0 Å². The summed E-state index contributed by atoms with van der Waals surface area (Å²) in [5.74, 6) is -5.95. The molecule has 0 saturated heterocycles. The Kier molecular flexibility index (Phi) is 6.88. The number of hydrogen-bond acceptors (Lipinski definition) is 6. The van der Waals surface area contributed by atoms with Crippen LogP contribution < -0.4 is 10.8 Å². The Balaban J connectivity index is 2.34. The Hall–Kier alpha value is -3.05. The molecular formula is C18H19F3N4O4. The monoisotopic (exact) mass is 412 g/mol. The Morgan fingerprint density at radius 2 is 1.93 bits per heavy atom. The van der Waals surface area contributed by atoms with E-state index in [1.165, 1.54) is 56.7 Å². The zero-order valence-electron chi connectivity index (χ0n) is 15.8. The number of aromatic nitrogens is 2. The van der Waals surface area contributed by atoms with Gasteiger partial charge in [-0.25, -0.2) is 15.3 Å². The molecule has 11 heteroatoms. The average Bonchev–Trinajstić information content (AvgIpc) is 2.67. The second-order valence-corrected chi connectivity index (χ2v) is 6.02. The summed E-state index contributed by atoms with van der Waals surface area (Å²) in [6.07, 6.45) is -1.21. The van der Waals surface area contributed by atoms with Crippen molar-refractivity contribution >= 4 is 17.6 Å². The molecule has 2 aromatic heterocycles. The molecule has 2 amide bonds. The van der Waals surface area contributed by atoms with E-state index in [0.29, 0.717) is 0 Å². The average molecular weight is 412 g/mol. The molecule has 29 heavy (non-hydrogen) atoms. The first-order valence-corrected chi connectivity index (χ1v) is 8.34. The molecule has 2 atom stereocenters. The third kappa shape index (κ3) is 5.06. The normalized spacial score (nSPS) is 14.6. The fraction of sp³-hybridized carbons (Fsp3) is 0.333. The van der Waals surface area contributed by atoms with Gasteiger partial charge < -0.3 is 10.1 Å². The lowest BCUT2D eigenvalue weighted by atomic mass is 9.92. The fourth-order valence-electron chi connectivity index (χ4n) is 2.59. The van der Waals surface area contributed by atoms with Gasteiger partial charge in [0, 0.05) is 38.5 Å². The third-order valence-electron chi connectivity index (χ3n) is 4.08. The lowest BCUT2D eigenvalue weighted by molar-refractivity contribution is -0.393. The summed E-state index contributed by atoms with van der Waals surface area (Å²) in [7, 11) is 0.816. The summed E-state index contributed by atoms with van der Waals surface area (Å²) in [5.41, 5.74) is 1.90. The summed E-state index contributed by atoms with van der Waals surface area (Å²) >= 11 is 0. The van der Waals surface area contributed by atoms with Crippen molar-refractivity contribution in [3.8, 4) is 0 Å². The first-order valence-electron chi connectivity index (χ1n) is 8.34. The first kappa shape index (κ1) is 22.2. The van der Waals surface area contributed by atoms with Crippen molar-refractivity contribution in [2.75, 3.05) is 12.4 Å². The SMILES string of the molecule is COC(ONC(=O)c1cccnc1)(C(C)c1ccnc(NC(C)=O)c1)C(F)(F)F. The van der Waals surface area contributed by atoms with E-state index in [1.807, 2.05) is 0 Å². The molecule has 2 N–H and O–H groups in total. The van der Waals surface area contributed by atoms with Crippen molar-refractivity contribution in [3.63, 3.8) is 0 Å². The highest BCUT2D eigenvalue weighted by Crippen LogP contribution is 2.44. The van der Waals surface area contributed by atoms with Gasteiger partial charge in [-0.3, -0.25) is 14.6 Å². The predicted molar refractivity (Wildman–Crippen MR) is 95.5 cm³/mol. The van der Waals surface area contributed by atoms with Crippen LogP contribution in [-0.2, 0) is 14.4 Å². The first-order chi connectivity index (χ1) is 13.6. The summed E-state index contributed by atoms with van der Waals surface area (Å²) in [6, 6.07) is 5.39. The number of hydroxylamine groups is 1. The standard InChI is InChI=1S/C18H19F3N4O4/c1-11(13-6-8-23-15(9-13)24-12(2)26)17(28-3,18(19,20)21)29-25-16(27)14-5-4-7-22-10-14/h4-11H,1-3H3,(H,25,27)(H,23,24,26). The Morgan fingerprint density at radius 3 is 2.48 bits per heavy atom. The van der Waals surface area contributed by atoms with Crippen LogP contribution in [0.2, 0.25) is 0 Å². The lowest BCUT2D eigenvalue weighted by Crippen LogP contribution is -2.56. The number of pyridine rings is 2. The summed E-state index contributed by atoms with van der Waals surface area (Å²) < 4.78 is 46.7. The van der Waals surface area contributed by atoms with Gasteiger partial charge in [-0.05, 0) is 29.8 Å². The highest BCUT2D eigenvalue weighted by Gasteiger charge is 2.62. The number of amides is 2. The van der Waals surface area contributed by atoms with Crippen molar-refractivity contribution < 1.29 is 32.3 Å². The summed E-state index contributed by atoms with van der Waals surface area (Å²) in [4.78, 5) is 35.7. The highest BCUT2D eigenvalue weighted by atomic mass is 19.4. The third-order valence-corrected chi connectivity index (χ3v) is 4.08. The number of carbonyl (C=O) groups excluding carboxylic acids is 2. The molecule has 0 aliphatic heterocycles. The van der Waals surface area contributed by atoms with Crippen LogP contribution in [0.1, 0.15) is 35.7 Å². The molecule has 2 unspecified atom stereocenters. The van der Waals surface area contributed by atoms with Crippen LogP contribution in [0, 0.1) is 0 Å². The van der Waals surface area contributed by atoms with E-state index in [-0.39, 0.29) is 16.9 Å². The van der Waals surface area contributed by atoms with Gasteiger partial charge in [-0.2, -0.15) is 13.2 Å². The summed E-state index contributed by atoms with van der Waals surface area (Å²) in [5, 5.41) is 2.39. The Morgan fingerprint density at radius 1 is 1.21 bits per heavy atom. The summed E-state index contributed by atoms with van der Waals surface area (Å²) in [6.45, 7) is 2.45. The second-order valence-electron chi connectivity index (χ2n) is 6.02. The van der Waals surface area contributed by atoms with Gasteiger partial charge in [0.1, 0.15) is 5.82 Å². The molecular weight excluding hydrogens is 393 g/mol. The van der Waals surface area contributed by atoms with Gasteiger partial charge in [0.2, 0.25) is 5.91 Å². The van der Waals surface area contributed by atoms with Crippen LogP contribution in [0.15, 0.2) is 42.9 Å². The number of nitrogens with zero attached hydrogens (tertiary/aromatic N) is 2. The molecule has 2 rings (SSSR count). The van der Waals surface area contributed by atoms with E-state index in [4.69, 9.17) is 9.57 Å². The van der Waals surface area contributed by atoms with Gasteiger partial charge in [-0.15, -0.1) is 0 Å². The molecule has 0 spiro atoms. The van der Waals surface area contributed by atoms with Crippen LogP contribution in [-0.4, -0.2) is 40.9 Å². The number of carbonyl (C=O) groups is 2. The largest absolute Gasteiger partial charge is 0.446 e. The van der Waals surface area contributed by atoms with Crippen molar-refractivity contribution in [2.24, 2.45) is 0 Å². The molecule has 0 aliphatic rings. The molecule has 0 fully saturated rings. The zero-order chi connectivity index (χ0) is 21.7. The molecule has 2 heterocycles. The van der Waals surface area contributed by atoms with E-state index < -0.39 is 29.7 Å². The number of ether oxygens (including phenoxy) is 1. The van der Waals surface area contributed by atoms with Gasteiger partial charge in [0.05, 0.1) is 5.56 Å². The van der Waals surface area contributed by atoms with Crippen LogP contribution in [0.5, 0.6) is 0 Å². The zero-order valence-corrected chi connectivity index (χ0v) is 15.8. The number of rotatable bonds is 7. The van der Waals surface area contributed by atoms with Gasteiger partial charge >= 0.3 is 6.18 Å². The van der Waals surface area contributed by atoms with Crippen molar-refractivity contribution in [3.05, 3.63) is 54.0 Å². The van der Waals surface area contributed by atoms with Crippen LogP contribution >= 0.6 is 0 Å². The number of halogens is 3. The van der Waals surface area contributed by atoms with Gasteiger partial charge in [0.25, 0.3) is 11.7 Å². The Bertz CT molecular complexity index is 864. The fourth-order valence-corrected chi connectivity index (χ4v) is 2.59. The topological polar surface area (TPSA) is 102 Å². The van der Waals surface area contributed by atoms with Crippen molar-refractivity contribution in [1.82, 2.24) is 15.4 Å². The number of anilines is 1. The Labute approximate surface area is 164 Å².